The highest BCUT2D eigenvalue weighted by molar-refractivity contribution is 5.97. The van der Waals surface area contributed by atoms with Crippen molar-refractivity contribution >= 4 is 11.8 Å². The number of piperazine rings is 1. The summed E-state index contributed by atoms with van der Waals surface area (Å²) in [5.41, 5.74) is -0.0668. The van der Waals surface area contributed by atoms with Gasteiger partial charge in [0.1, 0.15) is 12.1 Å². The predicted octanol–water partition coefficient (Wildman–Crippen LogP) is 1.45. The van der Waals surface area contributed by atoms with E-state index in [-0.39, 0.29) is 18.6 Å². The van der Waals surface area contributed by atoms with Crippen LogP contribution < -0.4 is 9.47 Å². The van der Waals surface area contributed by atoms with Crippen LogP contribution in [0.4, 0.5) is 0 Å². The van der Waals surface area contributed by atoms with Crippen LogP contribution in [-0.4, -0.2) is 47.5 Å². The van der Waals surface area contributed by atoms with Crippen LogP contribution in [-0.2, 0) is 9.59 Å². The molecule has 2 amide bonds. The monoisotopic (exact) mass is 341 g/mol. The minimum atomic E-state index is -0.853. The van der Waals surface area contributed by atoms with E-state index in [1.54, 1.807) is 24.9 Å². The van der Waals surface area contributed by atoms with Gasteiger partial charge in [0, 0.05) is 7.05 Å². The molecule has 2 saturated heterocycles. The average molecular weight is 341 g/mol. The van der Waals surface area contributed by atoms with E-state index < -0.39 is 23.5 Å². The molecule has 3 aliphatic heterocycles. The summed E-state index contributed by atoms with van der Waals surface area (Å²) in [6.45, 7) is 3.69. The first-order chi connectivity index (χ1) is 11.9. The molecule has 0 radical (unpaired) electrons. The molecule has 3 aliphatic rings. The number of hydrogen-bond acceptors (Lipinski definition) is 5. The second kappa shape index (κ2) is 5.12. The third-order valence-electron chi connectivity index (χ3n) is 5.63. The molecule has 0 N–H and O–H groups in total. The topological polar surface area (TPSA) is 82.9 Å². The quantitative estimate of drug-likeness (QED) is 0.772. The van der Waals surface area contributed by atoms with Crippen molar-refractivity contribution in [3.05, 3.63) is 23.8 Å². The van der Waals surface area contributed by atoms with E-state index in [4.69, 9.17) is 9.47 Å². The molecule has 0 aromatic heterocycles. The van der Waals surface area contributed by atoms with E-state index in [2.05, 4.69) is 6.07 Å². The van der Waals surface area contributed by atoms with Gasteiger partial charge < -0.3 is 19.3 Å². The summed E-state index contributed by atoms with van der Waals surface area (Å²) in [6, 6.07) is 6.15. The highest BCUT2D eigenvalue weighted by Crippen LogP contribution is 2.52. The summed E-state index contributed by atoms with van der Waals surface area (Å²) in [7, 11) is 1.64. The largest absolute Gasteiger partial charge is 0.454 e. The van der Waals surface area contributed by atoms with Crippen molar-refractivity contribution < 1.29 is 19.1 Å². The average Bonchev–Trinajstić information content (AvgIpc) is 3.20. The summed E-state index contributed by atoms with van der Waals surface area (Å²) >= 11 is 0. The summed E-state index contributed by atoms with van der Waals surface area (Å²) in [5.74, 6) is 0.999. The molecule has 1 aromatic rings. The van der Waals surface area contributed by atoms with Gasteiger partial charge in [0.05, 0.1) is 17.5 Å². The zero-order valence-electron chi connectivity index (χ0n) is 14.4. The van der Waals surface area contributed by atoms with E-state index in [1.807, 2.05) is 19.1 Å². The van der Waals surface area contributed by atoms with Crippen LogP contribution in [0.5, 0.6) is 11.5 Å². The standard InChI is InChI=1S/C18H19N3O4/c1-10-16(22)21-12(17(23)20(10)3)7-18(2,8-19)15(21)11-4-5-13-14(6-11)25-9-24-13/h4-6,10,12,15H,7,9H2,1-3H3/t10?,12?,15?,18-/m1/s1. The Morgan fingerprint density at radius 2 is 1.96 bits per heavy atom. The molecule has 2 fully saturated rings. The Bertz CT molecular complexity index is 817. The molecule has 25 heavy (non-hydrogen) atoms. The van der Waals surface area contributed by atoms with Crippen LogP contribution in [0.3, 0.4) is 0 Å². The highest BCUT2D eigenvalue weighted by atomic mass is 16.7. The van der Waals surface area contributed by atoms with Crippen LogP contribution in [0.2, 0.25) is 0 Å². The lowest BCUT2D eigenvalue weighted by molar-refractivity contribution is -0.159. The van der Waals surface area contributed by atoms with E-state index in [9.17, 15) is 14.9 Å². The highest BCUT2D eigenvalue weighted by Gasteiger charge is 2.58. The molecular weight excluding hydrogens is 322 g/mol. The Labute approximate surface area is 145 Å². The van der Waals surface area contributed by atoms with E-state index in [1.165, 1.54) is 4.90 Å². The summed E-state index contributed by atoms with van der Waals surface area (Å²) < 4.78 is 10.8. The normalized spacial score (nSPS) is 33.4. The summed E-state index contributed by atoms with van der Waals surface area (Å²) in [6.07, 6.45) is 0.324. The van der Waals surface area contributed by atoms with Crippen LogP contribution in [0.25, 0.3) is 0 Å². The Kier molecular flexibility index (Phi) is 3.23. The van der Waals surface area contributed by atoms with Gasteiger partial charge in [-0.25, -0.2) is 0 Å². The molecule has 4 rings (SSSR count). The Morgan fingerprint density at radius 1 is 1.24 bits per heavy atom. The van der Waals surface area contributed by atoms with Gasteiger partial charge >= 0.3 is 0 Å². The molecule has 0 aliphatic carbocycles. The molecule has 1 aromatic carbocycles. The van der Waals surface area contributed by atoms with Gasteiger partial charge in [0.15, 0.2) is 11.5 Å². The van der Waals surface area contributed by atoms with Gasteiger partial charge in [-0.15, -0.1) is 0 Å². The molecule has 130 valence electrons. The van der Waals surface area contributed by atoms with Gasteiger partial charge in [-0.2, -0.15) is 5.26 Å². The molecule has 0 spiro atoms. The first-order valence-corrected chi connectivity index (χ1v) is 8.27. The summed E-state index contributed by atoms with van der Waals surface area (Å²) in [5, 5.41) is 9.83. The van der Waals surface area contributed by atoms with Crippen molar-refractivity contribution in [1.82, 2.24) is 9.80 Å². The van der Waals surface area contributed by atoms with E-state index in [0.29, 0.717) is 17.9 Å². The second-order valence-corrected chi connectivity index (χ2v) is 7.14. The van der Waals surface area contributed by atoms with E-state index in [0.717, 1.165) is 5.56 Å². The molecule has 7 heteroatoms. The minimum Gasteiger partial charge on any atom is -0.454 e. The number of likely N-dealkylation sites (N-methyl/N-ethyl adjacent to an activating group) is 1. The lowest BCUT2D eigenvalue weighted by Crippen LogP contribution is -2.60. The van der Waals surface area contributed by atoms with Crippen molar-refractivity contribution in [2.75, 3.05) is 13.8 Å². The lowest BCUT2D eigenvalue weighted by Gasteiger charge is -2.42. The summed E-state index contributed by atoms with van der Waals surface area (Å²) in [4.78, 5) is 28.7. The van der Waals surface area contributed by atoms with Crippen molar-refractivity contribution in [2.24, 2.45) is 5.41 Å². The number of amides is 2. The third-order valence-corrected chi connectivity index (χ3v) is 5.63. The second-order valence-electron chi connectivity index (χ2n) is 7.14. The maximum Gasteiger partial charge on any atom is 0.246 e. The zero-order chi connectivity index (χ0) is 17.9. The Morgan fingerprint density at radius 3 is 2.68 bits per heavy atom. The van der Waals surface area contributed by atoms with Crippen LogP contribution in [0.1, 0.15) is 31.9 Å². The fourth-order valence-electron chi connectivity index (χ4n) is 4.11. The van der Waals surface area contributed by atoms with E-state index >= 15 is 0 Å². The Balaban J connectivity index is 1.83. The lowest BCUT2D eigenvalue weighted by atomic mass is 9.79. The van der Waals surface area contributed by atoms with Crippen molar-refractivity contribution in [3.8, 4) is 17.6 Å². The molecule has 3 unspecified atom stereocenters. The van der Waals surface area contributed by atoms with Gasteiger partial charge in [-0.1, -0.05) is 6.07 Å². The molecule has 3 heterocycles. The number of carbonyl (C=O) groups is 2. The SMILES string of the molecule is CC1C(=O)N2C(C[C@](C)(C#N)C2c2ccc3c(c2)OCO3)C(=O)N1C. The minimum absolute atomic E-state index is 0.114. The number of rotatable bonds is 1. The molecule has 7 nitrogen and oxygen atoms in total. The van der Waals surface area contributed by atoms with Gasteiger partial charge in [0.25, 0.3) is 0 Å². The van der Waals surface area contributed by atoms with Gasteiger partial charge in [-0.05, 0) is 38.0 Å². The van der Waals surface area contributed by atoms with Crippen LogP contribution in [0, 0.1) is 16.7 Å². The maximum absolute atomic E-state index is 13.0. The number of hydrogen-bond donors (Lipinski definition) is 0. The third kappa shape index (κ3) is 2.03. The van der Waals surface area contributed by atoms with Crippen molar-refractivity contribution in [3.63, 3.8) is 0 Å². The Hall–Kier alpha value is -2.75. The zero-order valence-corrected chi connectivity index (χ0v) is 14.4. The first kappa shape index (κ1) is 15.8. The number of carbonyl (C=O) groups excluding carboxylic acids is 2. The number of nitrogens with zero attached hydrogens (tertiary/aromatic N) is 3. The first-order valence-electron chi connectivity index (χ1n) is 8.27. The van der Waals surface area contributed by atoms with Crippen molar-refractivity contribution in [2.45, 2.75) is 38.4 Å². The smallest absolute Gasteiger partial charge is 0.246 e. The molecular formula is C18H19N3O4. The molecule has 0 bridgehead atoms. The molecule has 0 saturated carbocycles. The fraction of sp³-hybridized carbons (Fsp3) is 0.500. The number of benzene rings is 1. The van der Waals surface area contributed by atoms with Crippen LogP contribution in [0.15, 0.2) is 18.2 Å². The fourth-order valence-corrected chi connectivity index (χ4v) is 4.11. The molecule has 4 atom stereocenters. The predicted molar refractivity (Wildman–Crippen MR) is 86.5 cm³/mol. The van der Waals surface area contributed by atoms with Gasteiger partial charge in [-0.3, -0.25) is 9.59 Å². The van der Waals surface area contributed by atoms with Crippen molar-refractivity contribution in [1.29, 1.82) is 5.26 Å². The van der Waals surface area contributed by atoms with Crippen LogP contribution >= 0.6 is 0 Å². The van der Waals surface area contributed by atoms with Gasteiger partial charge in [0.2, 0.25) is 18.6 Å². The number of fused-ring (bicyclic) bond motifs is 2. The number of nitriles is 1. The number of ether oxygens (including phenoxy) is 2. The maximum atomic E-state index is 13.0.